The molecular weight excluding hydrogens is 604 g/mol. The number of carbonyl (C=O) groups is 2. The van der Waals surface area contributed by atoms with E-state index in [1.807, 2.05) is 67.6 Å². The van der Waals surface area contributed by atoms with Gasteiger partial charge in [0, 0.05) is 25.1 Å². The van der Waals surface area contributed by atoms with Crippen LogP contribution < -0.4 is 14.9 Å². The maximum atomic E-state index is 13.2. The second-order valence-corrected chi connectivity index (χ2v) is 14.1. The normalized spacial score (nSPS) is 14.5. The lowest BCUT2D eigenvalue weighted by Gasteiger charge is -2.25. The third-order valence-electron chi connectivity index (χ3n) is 8.45. The molecule has 3 N–H and O–H groups in total. The quantitative estimate of drug-likeness (QED) is 0.176. The van der Waals surface area contributed by atoms with Crippen molar-refractivity contribution in [3.8, 4) is 11.3 Å². The van der Waals surface area contributed by atoms with E-state index < -0.39 is 22.0 Å². The Morgan fingerprint density at radius 2 is 1.80 bits per heavy atom. The number of carbonyl (C=O) groups excluding carboxylic acids is 2. The fraction of sp³-hybridized carbons (Fsp3) is 0.400. The zero-order valence-electron chi connectivity index (χ0n) is 26.7. The van der Waals surface area contributed by atoms with E-state index in [1.54, 1.807) is 14.0 Å². The summed E-state index contributed by atoms with van der Waals surface area (Å²) >= 11 is 0. The zero-order valence-corrected chi connectivity index (χ0v) is 27.6. The maximum absolute atomic E-state index is 13.2. The maximum Gasteiger partial charge on any atom is 0.255 e. The molecule has 244 valence electrons. The van der Waals surface area contributed by atoms with Crippen molar-refractivity contribution in [1.29, 1.82) is 0 Å². The van der Waals surface area contributed by atoms with E-state index in [0.29, 0.717) is 41.8 Å². The Hall–Kier alpha value is -4.22. The molecule has 0 aliphatic heterocycles. The number of furan rings is 1. The summed E-state index contributed by atoms with van der Waals surface area (Å²) in [6.07, 6.45) is 4.28. The number of aliphatic hydroxyl groups is 1. The first kappa shape index (κ1) is 33.2. The van der Waals surface area contributed by atoms with Gasteiger partial charge in [0.05, 0.1) is 29.9 Å². The highest BCUT2D eigenvalue weighted by molar-refractivity contribution is 7.92. The number of sulfonamides is 1. The van der Waals surface area contributed by atoms with Gasteiger partial charge in [-0.1, -0.05) is 67.1 Å². The lowest BCUT2D eigenvalue weighted by Crippen LogP contribution is -2.42. The van der Waals surface area contributed by atoms with Crippen LogP contribution in [0.1, 0.15) is 65.6 Å². The molecule has 4 aromatic rings. The minimum Gasteiger partial charge on any atom is -0.437 e. The molecule has 0 saturated heterocycles. The number of amides is 2. The van der Waals surface area contributed by atoms with E-state index in [4.69, 9.17) is 9.40 Å². The number of fused-ring (bicyclic) bond motifs is 1. The number of aromatic nitrogens is 1. The molecule has 0 spiro atoms. The lowest BCUT2D eigenvalue weighted by molar-refractivity contribution is -0.125. The van der Waals surface area contributed by atoms with Gasteiger partial charge in [0.25, 0.3) is 5.91 Å². The number of nitrogens with zero attached hydrogens (tertiary/aromatic N) is 2. The summed E-state index contributed by atoms with van der Waals surface area (Å²) in [5.41, 5.74) is 4.10. The monoisotopic (exact) mass is 646 g/mol. The summed E-state index contributed by atoms with van der Waals surface area (Å²) in [5.74, 6) is -0.117. The van der Waals surface area contributed by atoms with E-state index in [9.17, 15) is 23.1 Å². The van der Waals surface area contributed by atoms with Crippen LogP contribution in [0.5, 0.6) is 0 Å². The Labute approximate surface area is 270 Å². The van der Waals surface area contributed by atoms with Crippen molar-refractivity contribution in [3.63, 3.8) is 0 Å². The van der Waals surface area contributed by atoms with Gasteiger partial charge in [0.1, 0.15) is 11.6 Å². The molecule has 0 radical (unpaired) electrons. The number of anilines is 1. The van der Waals surface area contributed by atoms with E-state index in [0.717, 1.165) is 41.4 Å². The highest BCUT2D eigenvalue weighted by Gasteiger charge is 2.34. The first-order valence-electron chi connectivity index (χ1n) is 15.7. The molecule has 1 unspecified atom stereocenters. The van der Waals surface area contributed by atoms with Crippen LogP contribution in [-0.4, -0.2) is 62.8 Å². The molecule has 2 atom stereocenters. The highest BCUT2D eigenvalue weighted by Crippen LogP contribution is 2.46. The number of aliphatic hydroxyl groups excluding tert-OH is 1. The molecule has 1 fully saturated rings. The predicted octanol–water partition coefficient (Wildman–Crippen LogP) is 4.94. The number of pyridine rings is 1. The number of benzene rings is 2. The summed E-state index contributed by atoms with van der Waals surface area (Å²) in [5, 5.41) is 16.0. The second kappa shape index (κ2) is 14.0. The van der Waals surface area contributed by atoms with Gasteiger partial charge in [-0.25, -0.2) is 8.42 Å². The highest BCUT2D eigenvalue weighted by atomic mass is 32.2. The SMILES string of the molecule is CNC(=O)c1c(-c2ccc(C)cc2)oc2nc(N(CCC[C@@H](C)C(=O)NC(CO)Cc3ccccc3)S(C)(=O)=O)c(C3CC3)cc12. The van der Waals surface area contributed by atoms with Gasteiger partial charge in [0.2, 0.25) is 21.6 Å². The van der Waals surface area contributed by atoms with Gasteiger partial charge in [0.15, 0.2) is 0 Å². The first-order valence-corrected chi connectivity index (χ1v) is 17.5. The summed E-state index contributed by atoms with van der Waals surface area (Å²) in [4.78, 5) is 30.9. The van der Waals surface area contributed by atoms with E-state index in [-0.39, 0.29) is 36.6 Å². The van der Waals surface area contributed by atoms with Crippen LogP contribution in [0.4, 0.5) is 5.82 Å². The average molecular weight is 647 g/mol. The smallest absolute Gasteiger partial charge is 0.255 e. The van der Waals surface area contributed by atoms with Crippen molar-refractivity contribution in [2.45, 2.75) is 57.9 Å². The zero-order chi connectivity index (χ0) is 33.0. The Morgan fingerprint density at radius 1 is 1.11 bits per heavy atom. The molecule has 1 aliphatic carbocycles. The first-order chi connectivity index (χ1) is 22.0. The van der Waals surface area contributed by atoms with Crippen LogP contribution >= 0.6 is 0 Å². The molecule has 2 aromatic heterocycles. The molecule has 1 saturated carbocycles. The summed E-state index contributed by atoms with van der Waals surface area (Å²) in [7, 11) is -2.20. The van der Waals surface area contributed by atoms with E-state index in [1.165, 1.54) is 4.31 Å². The molecule has 5 rings (SSSR count). The molecule has 1 aliphatic rings. The number of nitrogens with one attached hydrogen (secondary N) is 2. The molecule has 46 heavy (non-hydrogen) atoms. The van der Waals surface area contributed by atoms with Crippen LogP contribution in [0.15, 0.2) is 65.1 Å². The number of aryl methyl sites for hydroxylation is 1. The Morgan fingerprint density at radius 3 is 2.41 bits per heavy atom. The lowest BCUT2D eigenvalue weighted by atomic mass is 10.0. The average Bonchev–Trinajstić information content (AvgIpc) is 3.82. The fourth-order valence-electron chi connectivity index (χ4n) is 5.69. The van der Waals surface area contributed by atoms with Crippen molar-refractivity contribution in [2.24, 2.45) is 5.92 Å². The molecule has 2 heterocycles. The van der Waals surface area contributed by atoms with Crippen molar-refractivity contribution >= 4 is 38.8 Å². The third-order valence-corrected chi connectivity index (χ3v) is 9.61. The van der Waals surface area contributed by atoms with Crippen LogP contribution in [0.3, 0.4) is 0 Å². The summed E-state index contributed by atoms with van der Waals surface area (Å²) < 4.78 is 33.9. The molecule has 10 nitrogen and oxygen atoms in total. The molecule has 11 heteroatoms. The third kappa shape index (κ3) is 7.59. The second-order valence-electron chi connectivity index (χ2n) is 12.2. The number of hydrogen-bond donors (Lipinski definition) is 3. The topological polar surface area (TPSA) is 142 Å². The Balaban J connectivity index is 1.39. The number of hydrogen-bond acceptors (Lipinski definition) is 7. The predicted molar refractivity (Wildman–Crippen MR) is 179 cm³/mol. The Bertz CT molecular complexity index is 1800. The van der Waals surface area contributed by atoms with Gasteiger partial charge in [-0.15, -0.1) is 0 Å². The molecule has 2 amide bonds. The fourth-order valence-corrected chi connectivity index (χ4v) is 6.61. The van der Waals surface area contributed by atoms with Crippen LogP contribution in [0.2, 0.25) is 0 Å². The molecule has 2 aromatic carbocycles. The van der Waals surface area contributed by atoms with Crippen LogP contribution in [0.25, 0.3) is 22.4 Å². The molecular formula is C35H42N4O6S. The van der Waals surface area contributed by atoms with Gasteiger partial charge in [-0.2, -0.15) is 4.98 Å². The minimum absolute atomic E-state index is 0.121. The standard InChI is InChI=1S/C35H42N4O6S/c1-22-12-14-26(15-13-22)31-30(34(42)36-3)29-20-28(25-16-17-25)32(38-35(29)45-31)39(46(4,43)44)18-8-9-23(2)33(41)37-27(21-40)19-24-10-6-5-7-11-24/h5-7,10-15,20,23,25,27,40H,8-9,16-19,21H2,1-4H3,(H,36,42)(H,37,41)/t23-,27?/m1/s1. The largest absolute Gasteiger partial charge is 0.437 e. The van der Waals surface area contributed by atoms with Crippen molar-refractivity contribution in [2.75, 3.05) is 30.8 Å². The van der Waals surface area contributed by atoms with E-state index >= 15 is 0 Å². The van der Waals surface area contributed by atoms with Crippen molar-refractivity contribution in [3.05, 3.63) is 82.9 Å². The van der Waals surface area contributed by atoms with E-state index in [2.05, 4.69) is 10.6 Å². The molecule has 0 bridgehead atoms. The number of rotatable bonds is 14. The summed E-state index contributed by atoms with van der Waals surface area (Å²) in [6.45, 7) is 3.71. The Kier molecular flexibility index (Phi) is 10.1. The minimum atomic E-state index is -3.76. The van der Waals surface area contributed by atoms with Crippen LogP contribution in [0, 0.1) is 12.8 Å². The summed E-state index contributed by atoms with van der Waals surface area (Å²) in [6, 6.07) is 18.7. The van der Waals surface area contributed by atoms with Gasteiger partial charge in [-0.3, -0.25) is 13.9 Å². The van der Waals surface area contributed by atoms with Crippen molar-refractivity contribution in [1.82, 2.24) is 15.6 Å². The van der Waals surface area contributed by atoms with Gasteiger partial charge < -0.3 is 20.2 Å². The van der Waals surface area contributed by atoms with Crippen LogP contribution in [-0.2, 0) is 21.2 Å². The van der Waals surface area contributed by atoms with Gasteiger partial charge in [-0.05, 0) is 62.1 Å². The van der Waals surface area contributed by atoms with Gasteiger partial charge >= 0.3 is 0 Å². The van der Waals surface area contributed by atoms with Crippen molar-refractivity contribution < 1.29 is 27.5 Å².